The van der Waals surface area contributed by atoms with Crippen LogP contribution in [0.25, 0.3) is 11.1 Å². The molecule has 1 aliphatic carbocycles. The maximum Gasteiger partial charge on any atom is 0.0755 e. The number of para-hydroxylation sites is 4. The number of aromatic nitrogens is 1. The maximum atomic E-state index is 4.57. The minimum absolute atomic E-state index is 0.498. The smallest absolute Gasteiger partial charge is 0.0755 e. The summed E-state index contributed by atoms with van der Waals surface area (Å²) >= 11 is 1.86. The second kappa shape index (κ2) is 9.71. The van der Waals surface area contributed by atoms with Gasteiger partial charge in [0, 0.05) is 27.2 Å². The molecule has 0 saturated heterocycles. The van der Waals surface area contributed by atoms with Gasteiger partial charge in [-0.3, -0.25) is 4.98 Å². The minimum atomic E-state index is -0.498. The number of pyridine rings is 1. The molecule has 1 spiro atoms. The van der Waals surface area contributed by atoms with E-state index >= 15 is 0 Å². The lowest BCUT2D eigenvalue weighted by Crippen LogP contribution is -2.36. The lowest BCUT2D eigenvalue weighted by atomic mass is 9.64. The van der Waals surface area contributed by atoms with Crippen LogP contribution in [0.5, 0.6) is 0 Å². The molecule has 0 bridgehead atoms. The number of benzene rings is 6. The highest BCUT2D eigenvalue weighted by molar-refractivity contribution is 7.99. The van der Waals surface area contributed by atoms with Gasteiger partial charge in [0.15, 0.2) is 0 Å². The van der Waals surface area contributed by atoms with Gasteiger partial charge >= 0.3 is 0 Å². The zero-order chi connectivity index (χ0) is 30.2. The molecule has 3 aliphatic rings. The molecule has 0 fully saturated rings. The third kappa shape index (κ3) is 3.31. The topological polar surface area (TPSA) is 19.4 Å². The summed E-state index contributed by atoms with van der Waals surface area (Å²) in [5.41, 5.74) is 14.3. The van der Waals surface area contributed by atoms with Gasteiger partial charge in [-0.25, -0.2) is 0 Å². The van der Waals surface area contributed by atoms with Crippen LogP contribution in [-0.2, 0) is 5.41 Å². The van der Waals surface area contributed by atoms with Gasteiger partial charge in [0.25, 0.3) is 0 Å². The van der Waals surface area contributed by atoms with E-state index in [4.69, 9.17) is 0 Å². The van der Waals surface area contributed by atoms with Gasteiger partial charge in [0.05, 0.1) is 40.0 Å². The number of hydrogen-bond donors (Lipinski definition) is 0. The summed E-state index contributed by atoms with van der Waals surface area (Å²) < 4.78 is 0. The molecule has 0 radical (unpaired) electrons. The molecule has 46 heavy (non-hydrogen) atoms. The fraction of sp³-hybridized carbons (Fsp3) is 0.0238. The summed E-state index contributed by atoms with van der Waals surface area (Å²) in [6.07, 6.45) is 3.83. The number of rotatable bonds is 2. The van der Waals surface area contributed by atoms with Crippen molar-refractivity contribution in [3.63, 3.8) is 0 Å². The van der Waals surface area contributed by atoms with Crippen molar-refractivity contribution in [1.82, 2.24) is 4.98 Å². The molecule has 3 heterocycles. The Bertz CT molecular complexity index is 2270. The van der Waals surface area contributed by atoms with Crippen molar-refractivity contribution in [3.05, 3.63) is 186 Å². The first-order valence-corrected chi connectivity index (χ1v) is 16.5. The van der Waals surface area contributed by atoms with Crippen LogP contribution in [0.3, 0.4) is 0 Å². The van der Waals surface area contributed by atoms with Crippen molar-refractivity contribution in [2.24, 2.45) is 0 Å². The SMILES string of the molecule is c1ccc(N2c3ccccc3C3(c4ccccc4-c4c3ccc3c4N(c4cccnc4)c4ccccc4S3)c3ccccc32)cc1. The van der Waals surface area contributed by atoms with Gasteiger partial charge in [-0.2, -0.15) is 0 Å². The van der Waals surface area contributed by atoms with Gasteiger partial charge in [-0.1, -0.05) is 109 Å². The molecule has 0 N–H and O–H groups in total. The van der Waals surface area contributed by atoms with Crippen molar-refractivity contribution in [3.8, 4) is 11.1 Å². The van der Waals surface area contributed by atoms with Crippen LogP contribution in [0.15, 0.2) is 174 Å². The molecule has 0 amide bonds. The van der Waals surface area contributed by atoms with E-state index in [-0.39, 0.29) is 0 Å². The fourth-order valence-corrected chi connectivity index (χ4v) is 9.11. The van der Waals surface area contributed by atoms with Crippen LogP contribution in [0.1, 0.15) is 22.3 Å². The molecule has 0 saturated carbocycles. The highest BCUT2D eigenvalue weighted by Gasteiger charge is 2.53. The molecule has 2 aliphatic heterocycles. The van der Waals surface area contributed by atoms with Gasteiger partial charge in [0.2, 0.25) is 0 Å². The average Bonchev–Trinajstić information content (AvgIpc) is 3.42. The normalized spacial score (nSPS) is 14.5. The Hall–Kier alpha value is -5.58. The van der Waals surface area contributed by atoms with Crippen molar-refractivity contribution in [1.29, 1.82) is 0 Å². The Kier molecular flexibility index (Phi) is 5.43. The Balaban J connectivity index is 1.34. The third-order valence-electron chi connectivity index (χ3n) is 9.71. The van der Waals surface area contributed by atoms with E-state index in [1.54, 1.807) is 0 Å². The molecule has 0 unspecified atom stereocenters. The van der Waals surface area contributed by atoms with Gasteiger partial charge in [-0.15, -0.1) is 0 Å². The van der Waals surface area contributed by atoms with Crippen LogP contribution in [0.4, 0.5) is 34.1 Å². The zero-order valence-corrected chi connectivity index (χ0v) is 25.7. The lowest BCUT2D eigenvalue weighted by molar-refractivity contribution is 0.752. The summed E-state index contributed by atoms with van der Waals surface area (Å²) in [6, 6.07) is 55.5. The molecule has 10 rings (SSSR count). The molecule has 3 nitrogen and oxygen atoms in total. The predicted octanol–water partition coefficient (Wildman–Crippen LogP) is 11.2. The van der Waals surface area contributed by atoms with E-state index in [1.165, 1.54) is 65.9 Å². The molecular formula is C42H27N3S. The first kappa shape index (κ1) is 25.7. The Morgan fingerprint density at radius 2 is 1.09 bits per heavy atom. The van der Waals surface area contributed by atoms with Gasteiger partial charge in [-0.05, 0) is 82.4 Å². The maximum absolute atomic E-state index is 4.57. The quantitative estimate of drug-likeness (QED) is 0.195. The molecule has 7 aromatic rings. The van der Waals surface area contributed by atoms with Crippen molar-refractivity contribution in [2.45, 2.75) is 15.2 Å². The second-order valence-corrected chi connectivity index (χ2v) is 13.0. The Morgan fingerprint density at radius 1 is 0.457 bits per heavy atom. The van der Waals surface area contributed by atoms with E-state index in [0.29, 0.717) is 0 Å². The number of nitrogens with zero attached hydrogens (tertiary/aromatic N) is 3. The van der Waals surface area contributed by atoms with Crippen molar-refractivity contribution in [2.75, 3.05) is 9.80 Å². The molecule has 1 aromatic heterocycles. The summed E-state index contributed by atoms with van der Waals surface area (Å²) in [7, 11) is 0. The third-order valence-corrected chi connectivity index (χ3v) is 10.8. The van der Waals surface area contributed by atoms with Crippen molar-refractivity contribution < 1.29 is 0 Å². The highest BCUT2D eigenvalue weighted by atomic mass is 32.2. The Labute approximate surface area is 272 Å². The number of hydrogen-bond acceptors (Lipinski definition) is 4. The zero-order valence-electron chi connectivity index (χ0n) is 24.8. The summed E-state index contributed by atoms with van der Waals surface area (Å²) in [5.74, 6) is 0. The van der Waals surface area contributed by atoms with E-state index < -0.39 is 5.41 Å². The van der Waals surface area contributed by atoms with E-state index in [0.717, 1.165) is 11.4 Å². The molecule has 4 heteroatoms. The standard InChI is InChI=1S/C42H27N3S/c1-2-13-28(14-3-1)44-35-20-8-6-18-32(35)42(33-19-7-9-21-36(33)44)31-17-5-4-16-30(31)40-34(42)24-25-39-41(40)45(29-15-12-26-43-27-29)37-22-10-11-23-38(37)46-39/h1-27H. The second-order valence-electron chi connectivity index (χ2n) is 12.0. The molecule has 6 aromatic carbocycles. The van der Waals surface area contributed by atoms with Crippen LogP contribution >= 0.6 is 11.8 Å². The number of fused-ring (bicyclic) bond motifs is 12. The van der Waals surface area contributed by atoms with E-state index in [2.05, 4.69) is 160 Å². The van der Waals surface area contributed by atoms with Crippen LogP contribution in [-0.4, -0.2) is 4.98 Å². The summed E-state index contributed by atoms with van der Waals surface area (Å²) in [6.45, 7) is 0. The summed E-state index contributed by atoms with van der Waals surface area (Å²) in [5, 5.41) is 0. The molecule has 216 valence electrons. The average molecular weight is 606 g/mol. The van der Waals surface area contributed by atoms with Crippen LogP contribution in [0.2, 0.25) is 0 Å². The van der Waals surface area contributed by atoms with Crippen LogP contribution in [0, 0.1) is 0 Å². The van der Waals surface area contributed by atoms with E-state index in [1.807, 2.05) is 30.2 Å². The van der Waals surface area contributed by atoms with Gasteiger partial charge in [0.1, 0.15) is 0 Å². The largest absolute Gasteiger partial charge is 0.310 e. The minimum Gasteiger partial charge on any atom is -0.310 e. The van der Waals surface area contributed by atoms with Gasteiger partial charge < -0.3 is 9.80 Å². The molecule has 0 atom stereocenters. The Morgan fingerprint density at radius 3 is 1.83 bits per heavy atom. The van der Waals surface area contributed by atoms with Crippen LogP contribution < -0.4 is 9.80 Å². The van der Waals surface area contributed by atoms with Crippen molar-refractivity contribution >= 4 is 45.9 Å². The first-order chi connectivity index (χ1) is 22.9. The predicted molar refractivity (Wildman–Crippen MR) is 189 cm³/mol. The fourth-order valence-electron chi connectivity index (χ4n) is 8.04. The first-order valence-electron chi connectivity index (χ1n) is 15.6. The summed E-state index contributed by atoms with van der Waals surface area (Å²) in [4.78, 5) is 11.9. The highest BCUT2D eigenvalue weighted by Crippen LogP contribution is 2.67. The molecular weight excluding hydrogens is 579 g/mol. The lowest BCUT2D eigenvalue weighted by Gasteiger charge is -2.45. The monoisotopic (exact) mass is 605 g/mol. The number of anilines is 6. The van der Waals surface area contributed by atoms with E-state index in [9.17, 15) is 0 Å².